The van der Waals surface area contributed by atoms with Crippen molar-refractivity contribution in [3.63, 3.8) is 0 Å². The maximum absolute atomic E-state index is 14.0. The molecule has 0 unspecified atom stereocenters. The number of rotatable bonds is 9. The minimum absolute atomic E-state index is 0.207. The molecule has 0 aromatic rings. The summed E-state index contributed by atoms with van der Waals surface area (Å²) in [7, 11) is 3.80. The third-order valence-electron chi connectivity index (χ3n) is 10.9. The van der Waals surface area contributed by atoms with Crippen LogP contribution in [0, 0.1) is 29.6 Å². The molecule has 2 bridgehead atoms. The number of aliphatic hydroxyl groups excluding tert-OH is 1. The van der Waals surface area contributed by atoms with Gasteiger partial charge < -0.3 is 43.2 Å². The molecule has 13 atom stereocenters. The van der Waals surface area contributed by atoms with E-state index in [-0.39, 0.29) is 18.6 Å². The van der Waals surface area contributed by atoms with E-state index >= 15 is 0 Å². The molecule has 0 aromatic heterocycles. The third-order valence-corrected chi connectivity index (χ3v) is 10.9. The van der Waals surface area contributed by atoms with Gasteiger partial charge in [-0.05, 0) is 67.1 Å². The second-order valence-electron chi connectivity index (χ2n) is 16.5. The van der Waals surface area contributed by atoms with Crippen LogP contribution in [0.5, 0.6) is 0 Å². The van der Waals surface area contributed by atoms with Crippen LogP contribution < -0.4 is 0 Å². The molecular formula is C39H65NO12. The summed E-state index contributed by atoms with van der Waals surface area (Å²) >= 11 is 0. The van der Waals surface area contributed by atoms with Crippen LogP contribution in [-0.4, -0.2) is 108 Å². The smallest absolute Gasteiger partial charge is 0.311 e. The second kappa shape index (κ2) is 17.2. The van der Waals surface area contributed by atoms with E-state index in [9.17, 15) is 24.3 Å². The molecule has 2 saturated heterocycles. The molecule has 52 heavy (non-hydrogen) atoms. The van der Waals surface area contributed by atoms with Crippen LogP contribution in [0.25, 0.3) is 0 Å². The van der Waals surface area contributed by atoms with Crippen molar-refractivity contribution in [2.24, 2.45) is 29.6 Å². The lowest BCUT2D eigenvalue weighted by Gasteiger charge is -2.47. The van der Waals surface area contributed by atoms with Crippen LogP contribution in [-0.2, 0) is 52.3 Å². The van der Waals surface area contributed by atoms with Gasteiger partial charge in [0.25, 0.3) is 0 Å². The third kappa shape index (κ3) is 9.30. The van der Waals surface area contributed by atoms with Gasteiger partial charge in [-0.15, -0.1) is 0 Å². The summed E-state index contributed by atoms with van der Waals surface area (Å²) in [6, 6.07) is -0.233. The molecule has 13 nitrogen and oxygen atoms in total. The number of hydrogen-bond donors (Lipinski definition) is 1. The zero-order valence-electron chi connectivity index (χ0n) is 34.0. The number of fused-ring (bicyclic) bond motifs is 2. The molecule has 3 aliphatic heterocycles. The number of carbonyl (C=O) groups excluding carboxylic acids is 4. The minimum atomic E-state index is -1.66. The zero-order valence-corrected chi connectivity index (χ0v) is 34.0. The molecule has 0 aromatic carbocycles. The molecule has 0 radical (unpaired) electrons. The van der Waals surface area contributed by atoms with Crippen molar-refractivity contribution in [3.8, 4) is 0 Å². The Balaban J connectivity index is 2.25. The lowest BCUT2D eigenvalue weighted by atomic mass is 9.79. The summed E-state index contributed by atoms with van der Waals surface area (Å²) in [5.74, 6) is -5.36. The van der Waals surface area contributed by atoms with E-state index in [1.807, 2.05) is 46.7 Å². The van der Waals surface area contributed by atoms with Crippen molar-refractivity contribution in [2.45, 2.75) is 169 Å². The highest BCUT2D eigenvalue weighted by molar-refractivity contribution is 5.74. The second-order valence-corrected chi connectivity index (χ2v) is 16.5. The van der Waals surface area contributed by atoms with Gasteiger partial charge in [-0.25, -0.2) is 0 Å². The SMILES string of the molecule is CC[C@H]1OC(=O)[C@H](C)[C@@H](O)[C@H](C)[C@@H](O[C@@H]2O[C@H](C)C[C@H](N(C)C)[C@H]2OC(C)=O)[C@@]2(C)CC(C)=C(O2)[C@H](C)[C@@H](OC(=O)C(C)C)[C@]1(C)OC(=O)C(C)C. The van der Waals surface area contributed by atoms with E-state index in [1.54, 1.807) is 55.4 Å². The standard InChI is InChI=1S/C39H65NO12/c1-16-28-39(13,52-35(44)20(4)5)33(49-34(43)19(2)3)25(10)30-21(6)18-38(12,51-30)32(23(8)29(42)24(9)36(45)48-28)50-37-31(47-26(11)41)27(40(14)15)17-22(7)46-37/h19-20,22-25,27-29,31-33,37,42H,16-18H2,1-15H3/t22-,23+,24-,25+,27+,28-,29+,31-,32-,33-,37+,38-,39-/m1/s1. The van der Waals surface area contributed by atoms with Crippen molar-refractivity contribution in [1.82, 2.24) is 4.90 Å². The average molecular weight is 740 g/mol. The number of ether oxygens (including phenoxy) is 7. The first-order valence-corrected chi connectivity index (χ1v) is 18.8. The molecule has 0 aliphatic carbocycles. The molecule has 2 fully saturated rings. The van der Waals surface area contributed by atoms with Crippen molar-refractivity contribution < 1.29 is 57.4 Å². The van der Waals surface area contributed by atoms with Crippen LogP contribution in [0.3, 0.4) is 0 Å². The summed E-state index contributed by atoms with van der Waals surface area (Å²) in [4.78, 5) is 55.1. The maximum atomic E-state index is 14.0. The Kier molecular flexibility index (Phi) is 14.4. The fourth-order valence-corrected chi connectivity index (χ4v) is 7.94. The highest BCUT2D eigenvalue weighted by atomic mass is 16.7. The van der Waals surface area contributed by atoms with Crippen molar-refractivity contribution in [1.29, 1.82) is 0 Å². The summed E-state index contributed by atoms with van der Waals surface area (Å²) in [6.45, 7) is 22.4. The summed E-state index contributed by atoms with van der Waals surface area (Å²) in [6.07, 6.45) is -5.39. The number of carbonyl (C=O) groups is 4. The molecule has 298 valence electrons. The Labute approximate surface area is 310 Å². The van der Waals surface area contributed by atoms with E-state index in [0.29, 0.717) is 18.6 Å². The normalized spacial score (nSPS) is 38.9. The Hall–Kier alpha value is -2.74. The molecule has 0 amide bonds. The van der Waals surface area contributed by atoms with Gasteiger partial charge >= 0.3 is 23.9 Å². The number of cyclic esters (lactones) is 1. The molecule has 13 heteroatoms. The zero-order chi connectivity index (χ0) is 39.6. The average Bonchev–Trinajstić information content (AvgIpc) is 3.37. The monoisotopic (exact) mass is 739 g/mol. The fourth-order valence-electron chi connectivity index (χ4n) is 7.94. The fraction of sp³-hybridized carbons (Fsp3) is 0.846. The summed E-state index contributed by atoms with van der Waals surface area (Å²) in [5.41, 5.74) is -1.97. The maximum Gasteiger partial charge on any atom is 0.311 e. The number of aliphatic hydroxyl groups is 1. The molecule has 0 spiro atoms. The quantitative estimate of drug-likeness (QED) is 0.251. The predicted molar refractivity (Wildman–Crippen MR) is 191 cm³/mol. The van der Waals surface area contributed by atoms with Crippen LogP contribution in [0.2, 0.25) is 0 Å². The highest BCUT2D eigenvalue weighted by Gasteiger charge is 2.58. The number of hydrogen-bond acceptors (Lipinski definition) is 13. The van der Waals surface area contributed by atoms with Crippen LogP contribution in [0.1, 0.15) is 109 Å². The number of likely N-dealkylation sites (N-methyl/N-ethyl adjacent to an activating group) is 1. The molecule has 3 heterocycles. The van der Waals surface area contributed by atoms with Gasteiger partial charge in [0.1, 0.15) is 23.6 Å². The lowest BCUT2D eigenvalue weighted by molar-refractivity contribution is -0.300. The molecule has 3 aliphatic rings. The molecular weight excluding hydrogens is 674 g/mol. The van der Waals surface area contributed by atoms with Gasteiger partial charge in [-0.3, -0.25) is 19.2 Å². The van der Waals surface area contributed by atoms with E-state index in [1.165, 1.54) is 6.92 Å². The predicted octanol–water partition coefficient (Wildman–Crippen LogP) is 4.95. The van der Waals surface area contributed by atoms with Crippen LogP contribution in [0.15, 0.2) is 11.3 Å². The van der Waals surface area contributed by atoms with Crippen molar-refractivity contribution in [3.05, 3.63) is 11.3 Å². The highest BCUT2D eigenvalue weighted by Crippen LogP contribution is 2.48. The Morgan fingerprint density at radius 3 is 2.08 bits per heavy atom. The van der Waals surface area contributed by atoms with E-state index < -0.39 is 101 Å². The van der Waals surface area contributed by atoms with E-state index in [0.717, 1.165) is 5.57 Å². The van der Waals surface area contributed by atoms with Gasteiger partial charge in [0.2, 0.25) is 0 Å². The van der Waals surface area contributed by atoms with Gasteiger partial charge in [0, 0.05) is 19.3 Å². The van der Waals surface area contributed by atoms with Gasteiger partial charge in [0.15, 0.2) is 24.1 Å². The van der Waals surface area contributed by atoms with Gasteiger partial charge in [-0.1, -0.05) is 48.5 Å². The molecule has 3 rings (SSSR count). The van der Waals surface area contributed by atoms with Crippen LogP contribution in [0.4, 0.5) is 0 Å². The summed E-state index contributed by atoms with van der Waals surface area (Å²) in [5, 5.41) is 11.9. The first-order chi connectivity index (χ1) is 24.0. The number of esters is 4. The Morgan fingerprint density at radius 1 is 0.962 bits per heavy atom. The molecule has 0 saturated carbocycles. The van der Waals surface area contributed by atoms with Gasteiger partial charge in [-0.2, -0.15) is 0 Å². The van der Waals surface area contributed by atoms with Gasteiger partial charge in [0.05, 0.1) is 41.9 Å². The number of nitrogens with zero attached hydrogens (tertiary/aromatic N) is 1. The topological polar surface area (TPSA) is 156 Å². The largest absolute Gasteiger partial charge is 0.488 e. The van der Waals surface area contributed by atoms with Crippen LogP contribution >= 0.6 is 0 Å². The Bertz CT molecular complexity index is 1330. The molecule has 1 N–H and O–H groups in total. The van der Waals surface area contributed by atoms with E-state index in [2.05, 4.69) is 0 Å². The lowest BCUT2D eigenvalue weighted by Crippen LogP contribution is -2.59. The van der Waals surface area contributed by atoms with Crippen molar-refractivity contribution in [2.75, 3.05) is 14.1 Å². The minimum Gasteiger partial charge on any atom is -0.488 e. The Morgan fingerprint density at radius 2 is 1.56 bits per heavy atom. The summed E-state index contributed by atoms with van der Waals surface area (Å²) < 4.78 is 44.6. The van der Waals surface area contributed by atoms with Crippen molar-refractivity contribution >= 4 is 23.9 Å². The first-order valence-electron chi connectivity index (χ1n) is 18.8. The van der Waals surface area contributed by atoms with E-state index in [4.69, 9.17) is 33.2 Å². The first kappa shape index (κ1) is 43.7.